The summed E-state index contributed by atoms with van der Waals surface area (Å²) >= 11 is 0. The van der Waals surface area contributed by atoms with Crippen LogP contribution in [0.4, 0.5) is 5.69 Å². The van der Waals surface area contributed by atoms with Gasteiger partial charge in [-0.1, -0.05) is 12.1 Å². The molecule has 3 aromatic rings. The van der Waals surface area contributed by atoms with Crippen LogP contribution in [-0.2, 0) is 9.53 Å². The fraction of sp³-hybridized carbons (Fsp3) is 0.105. The first kappa shape index (κ1) is 18.9. The summed E-state index contributed by atoms with van der Waals surface area (Å²) in [6.45, 7) is -0.549. The molecule has 0 aliphatic carbocycles. The van der Waals surface area contributed by atoms with Gasteiger partial charge in [-0.15, -0.1) is 5.10 Å². The minimum absolute atomic E-state index is 0.183. The van der Waals surface area contributed by atoms with Crippen molar-refractivity contribution in [3.8, 4) is 5.69 Å². The molecular formula is C19H14N6O5. The second-order valence-electron chi connectivity index (χ2n) is 6.33. The Morgan fingerprint density at radius 3 is 2.60 bits per heavy atom. The summed E-state index contributed by atoms with van der Waals surface area (Å²) in [6.07, 6.45) is 1.33. The van der Waals surface area contributed by atoms with E-state index in [2.05, 4.69) is 20.8 Å². The SMILES string of the molecule is CN1C(=O)c2ccc(NC(=O)COC(=O)c3ccccc3-n3cnnn3)cc2C1=O. The molecule has 3 amide bonds. The van der Waals surface area contributed by atoms with E-state index in [0.29, 0.717) is 11.4 Å². The van der Waals surface area contributed by atoms with Crippen LogP contribution in [0.2, 0.25) is 0 Å². The van der Waals surface area contributed by atoms with Crippen LogP contribution in [0, 0.1) is 0 Å². The quantitative estimate of drug-likeness (QED) is 0.483. The molecule has 150 valence electrons. The number of nitrogens with zero attached hydrogens (tertiary/aromatic N) is 5. The Kier molecular flexibility index (Phi) is 4.76. The number of nitrogens with one attached hydrogen (secondary N) is 1. The molecule has 2 aromatic carbocycles. The maximum absolute atomic E-state index is 12.4. The zero-order valence-electron chi connectivity index (χ0n) is 15.6. The van der Waals surface area contributed by atoms with E-state index in [0.717, 1.165) is 4.90 Å². The van der Waals surface area contributed by atoms with Crippen molar-refractivity contribution in [2.24, 2.45) is 0 Å². The first-order chi connectivity index (χ1) is 14.5. The third-order valence-corrected chi connectivity index (χ3v) is 4.43. The Morgan fingerprint density at radius 2 is 1.83 bits per heavy atom. The second-order valence-corrected chi connectivity index (χ2v) is 6.33. The van der Waals surface area contributed by atoms with Gasteiger partial charge in [0.05, 0.1) is 22.4 Å². The normalized spacial score (nSPS) is 12.6. The van der Waals surface area contributed by atoms with E-state index in [1.54, 1.807) is 18.2 Å². The van der Waals surface area contributed by atoms with E-state index < -0.39 is 30.3 Å². The highest BCUT2D eigenvalue weighted by atomic mass is 16.5. The fourth-order valence-corrected chi connectivity index (χ4v) is 2.96. The number of hydrogen-bond acceptors (Lipinski definition) is 8. The molecule has 1 aromatic heterocycles. The zero-order chi connectivity index (χ0) is 21.3. The number of amides is 3. The Morgan fingerprint density at radius 1 is 1.07 bits per heavy atom. The van der Waals surface area contributed by atoms with Crippen LogP contribution >= 0.6 is 0 Å². The third kappa shape index (κ3) is 3.39. The second kappa shape index (κ2) is 7.54. The van der Waals surface area contributed by atoms with Gasteiger partial charge in [0.2, 0.25) is 0 Å². The number of rotatable bonds is 5. The number of aromatic nitrogens is 4. The fourth-order valence-electron chi connectivity index (χ4n) is 2.96. The van der Waals surface area contributed by atoms with Gasteiger partial charge in [0.25, 0.3) is 17.7 Å². The average Bonchev–Trinajstić information content (AvgIpc) is 3.36. The lowest BCUT2D eigenvalue weighted by Gasteiger charge is -2.09. The molecule has 0 fully saturated rings. The number of tetrazole rings is 1. The minimum Gasteiger partial charge on any atom is -0.452 e. The number of imide groups is 1. The molecule has 0 saturated carbocycles. The van der Waals surface area contributed by atoms with Crippen molar-refractivity contribution in [1.82, 2.24) is 25.1 Å². The van der Waals surface area contributed by atoms with Crippen LogP contribution in [0.3, 0.4) is 0 Å². The number of anilines is 1. The predicted molar refractivity (Wildman–Crippen MR) is 101 cm³/mol. The number of carbonyl (C=O) groups excluding carboxylic acids is 4. The van der Waals surface area contributed by atoms with Crippen LogP contribution in [0.25, 0.3) is 5.69 Å². The van der Waals surface area contributed by atoms with Gasteiger partial charge in [0.15, 0.2) is 6.61 Å². The van der Waals surface area contributed by atoms with Crippen molar-refractivity contribution in [3.63, 3.8) is 0 Å². The Balaban J connectivity index is 1.42. The highest BCUT2D eigenvalue weighted by Gasteiger charge is 2.32. The Labute approximate surface area is 169 Å². The highest BCUT2D eigenvalue weighted by Crippen LogP contribution is 2.24. The van der Waals surface area contributed by atoms with Crippen molar-refractivity contribution in [2.75, 3.05) is 19.0 Å². The molecule has 0 spiro atoms. The lowest BCUT2D eigenvalue weighted by Crippen LogP contribution is -2.24. The zero-order valence-corrected chi connectivity index (χ0v) is 15.6. The van der Waals surface area contributed by atoms with Gasteiger partial charge in [0.1, 0.15) is 6.33 Å². The van der Waals surface area contributed by atoms with Gasteiger partial charge in [-0.3, -0.25) is 19.3 Å². The van der Waals surface area contributed by atoms with Gasteiger partial charge in [-0.05, 0) is 40.8 Å². The van der Waals surface area contributed by atoms with Crippen molar-refractivity contribution >= 4 is 29.4 Å². The molecule has 30 heavy (non-hydrogen) atoms. The third-order valence-electron chi connectivity index (χ3n) is 4.43. The summed E-state index contributed by atoms with van der Waals surface area (Å²) in [7, 11) is 1.38. The summed E-state index contributed by atoms with van der Waals surface area (Å²) in [6, 6.07) is 10.9. The van der Waals surface area contributed by atoms with E-state index in [1.807, 2.05) is 0 Å². The number of benzene rings is 2. The monoisotopic (exact) mass is 406 g/mol. The van der Waals surface area contributed by atoms with Crippen LogP contribution in [0.1, 0.15) is 31.1 Å². The standard InChI is InChI=1S/C19H14N6O5/c1-24-17(27)12-7-6-11(8-14(12)18(24)28)21-16(26)9-30-19(29)13-4-2-3-5-15(13)25-10-20-22-23-25/h2-8,10H,9H2,1H3,(H,21,26). The number of fused-ring (bicyclic) bond motifs is 1. The molecule has 0 atom stereocenters. The van der Waals surface area contributed by atoms with E-state index >= 15 is 0 Å². The number of hydrogen-bond donors (Lipinski definition) is 1. The van der Waals surface area contributed by atoms with Crippen LogP contribution < -0.4 is 5.32 Å². The number of para-hydroxylation sites is 1. The summed E-state index contributed by atoms with van der Waals surface area (Å²) in [5, 5.41) is 13.3. The van der Waals surface area contributed by atoms with Gasteiger partial charge in [-0.25, -0.2) is 4.79 Å². The molecule has 0 unspecified atom stereocenters. The molecular weight excluding hydrogens is 392 g/mol. The molecule has 0 saturated heterocycles. The molecule has 4 rings (SSSR count). The summed E-state index contributed by atoms with van der Waals surface area (Å²) in [4.78, 5) is 49.6. The molecule has 11 nitrogen and oxygen atoms in total. The lowest BCUT2D eigenvalue weighted by molar-refractivity contribution is -0.119. The van der Waals surface area contributed by atoms with Crippen molar-refractivity contribution in [2.45, 2.75) is 0 Å². The van der Waals surface area contributed by atoms with Crippen LogP contribution in [-0.4, -0.2) is 62.5 Å². The molecule has 0 radical (unpaired) electrons. The van der Waals surface area contributed by atoms with Gasteiger partial charge < -0.3 is 10.1 Å². The van der Waals surface area contributed by atoms with Gasteiger partial charge >= 0.3 is 5.97 Å². The lowest BCUT2D eigenvalue weighted by atomic mass is 10.1. The Hall–Kier alpha value is -4.41. The summed E-state index contributed by atoms with van der Waals surface area (Å²) in [5.41, 5.74) is 1.36. The highest BCUT2D eigenvalue weighted by molar-refractivity contribution is 6.21. The summed E-state index contributed by atoms with van der Waals surface area (Å²) in [5.74, 6) is -2.18. The number of ether oxygens (including phenoxy) is 1. The van der Waals surface area contributed by atoms with Gasteiger partial charge in [0, 0.05) is 12.7 Å². The van der Waals surface area contributed by atoms with Crippen molar-refractivity contribution in [3.05, 3.63) is 65.5 Å². The van der Waals surface area contributed by atoms with E-state index in [-0.39, 0.29) is 16.7 Å². The molecule has 0 bridgehead atoms. The molecule has 1 aliphatic rings. The van der Waals surface area contributed by atoms with Gasteiger partial charge in [-0.2, -0.15) is 4.68 Å². The topological polar surface area (TPSA) is 136 Å². The van der Waals surface area contributed by atoms with E-state index in [4.69, 9.17) is 4.74 Å². The predicted octanol–water partition coefficient (Wildman–Crippen LogP) is 0.684. The maximum Gasteiger partial charge on any atom is 0.340 e. The molecule has 1 N–H and O–H groups in total. The summed E-state index contributed by atoms with van der Waals surface area (Å²) < 4.78 is 6.39. The average molecular weight is 406 g/mol. The molecule has 1 aliphatic heterocycles. The maximum atomic E-state index is 12.4. The smallest absolute Gasteiger partial charge is 0.340 e. The van der Waals surface area contributed by atoms with Crippen molar-refractivity contribution < 1.29 is 23.9 Å². The number of carbonyl (C=O) groups is 4. The van der Waals surface area contributed by atoms with Crippen LogP contribution in [0.5, 0.6) is 0 Å². The minimum atomic E-state index is -0.729. The number of esters is 1. The van der Waals surface area contributed by atoms with E-state index in [9.17, 15) is 19.2 Å². The van der Waals surface area contributed by atoms with Crippen molar-refractivity contribution in [1.29, 1.82) is 0 Å². The first-order valence-corrected chi connectivity index (χ1v) is 8.71. The molecule has 11 heteroatoms. The Bertz CT molecular complexity index is 1170. The first-order valence-electron chi connectivity index (χ1n) is 8.71. The molecule has 2 heterocycles. The van der Waals surface area contributed by atoms with Crippen LogP contribution in [0.15, 0.2) is 48.8 Å². The van der Waals surface area contributed by atoms with E-state index in [1.165, 1.54) is 42.3 Å². The largest absolute Gasteiger partial charge is 0.452 e.